The van der Waals surface area contributed by atoms with Crippen molar-refractivity contribution >= 4 is 57.7 Å². The molecule has 3 amide bonds. The Morgan fingerprint density at radius 2 is 1.57 bits per heavy atom. The molecule has 44 heavy (non-hydrogen) atoms. The van der Waals surface area contributed by atoms with Gasteiger partial charge in [0.15, 0.2) is 0 Å². The topological polar surface area (TPSA) is 117 Å². The van der Waals surface area contributed by atoms with Crippen LogP contribution in [0.15, 0.2) is 126 Å². The molecular weight excluding hydrogens is 574 g/mol. The molecule has 0 fully saturated rings. The number of ether oxygens (including phenoxy) is 1. The maximum atomic E-state index is 13.5. The quantitative estimate of drug-likeness (QED) is 0.104. The number of nitrogens with one attached hydrogen (secondary N) is 3. The minimum atomic E-state index is -0.569. The van der Waals surface area contributed by atoms with Crippen molar-refractivity contribution in [2.75, 3.05) is 23.5 Å². The Morgan fingerprint density at radius 3 is 2.39 bits per heavy atom. The predicted octanol–water partition coefficient (Wildman–Crippen LogP) is 6.69. The molecule has 0 atom stereocenters. The van der Waals surface area contributed by atoms with Gasteiger partial charge >= 0.3 is 0 Å². The molecule has 0 heterocycles. The Hall–Kier alpha value is -5.54. The molecule has 0 radical (unpaired) electrons. The van der Waals surface area contributed by atoms with Gasteiger partial charge in [-0.25, -0.2) is 0 Å². The number of phenolic OH excluding ortho intramolecular Hbond substituents is 1. The molecule has 0 aliphatic rings. The Labute approximate surface area is 258 Å². The van der Waals surface area contributed by atoms with Gasteiger partial charge in [0.1, 0.15) is 17.2 Å². The Bertz CT molecular complexity index is 1850. The Balaban J connectivity index is 1.30. The standard InChI is InChI=1S/C35H29N3O5S/c1-43-32-21-27(39)18-17-25(32)19-31(38-34(41)24-10-3-2-4-11-24)35(42)36-26-13-8-14-28(20-26)44-22-33(40)37-30-16-7-12-23-9-5-6-15-29(23)30/h2-21,39H,22H2,1H3,(H,36,42)(H,37,40)(H,38,41)/b31-19+. The van der Waals surface area contributed by atoms with Gasteiger partial charge in [0, 0.05) is 38.8 Å². The first kappa shape index (κ1) is 29.9. The number of hydrogen-bond acceptors (Lipinski definition) is 6. The maximum absolute atomic E-state index is 13.5. The second-order valence-corrected chi connectivity index (χ2v) is 10.7. The number of carbonyl (C=O) groups excluding carboxylic acids is 3. The van der Waals surface area contributed by atoms with Crippen LogP contribution in [0.25, 0.3) is 16.8 Å². The summed E-state index contributed by atoms with van der Waals surface area (Å²) in [5, 5.41) is 20.4. The monoisotopic (exact) mass is 603 g/mol. The molecule has 5 rings (SSSR count). The Kier molecular flexibility index (Phi) is 9.58. The normalized spacial score (nSPS) is 11.1. The van der Waals surface area contributed by atoms with Crippen LogP contribution in [0.3, 0.4) is 0 Å². The van der Waals surface area contributed by atoms with E-state index in [9.17, 15) is 19.5 Å². The first-order chi connectivity index (χ1) is 21.4. The lowest BCUT2D eigenvalue weighted by molar-refractivity contribution is -0.114. The van der Waals surface area contributed by atoms with Gasteiger partial charge in [-0.1, -0.05) is 60.7 Å². The summed E-state index contributed by atoms with van der Waals surface area (Å²) in [5.41, 5.74) is 2.05. The van der Waals surface area contributed by atoms with Crippen LogP contribution in [0.1, 0.15) is 15.9 Å². The highest BCUT2D eigenvalue weighted by molar-refractivity contribution is 8.00. The van der Waals surface area contributed by atoms with Crippen LogP contribution in [-0.4, -0.2) is 35.7 Å². The highest BCUT2D eigenvalue weighted by Crippen LogP contribution is 2.27. The molecule has 5 aromatic rings. The minimum Gasteiger partial charge on any atom is -0.508 e. The molecule has 5 aromatic carbocycles. The molecular formula is C35H29N3O5S. The fraction of sp³-hybridized carbons (Fsp3) is 0.0571. The van der Waals surface area contributed by atoms with Gasteiger partial charge in [-0.05, 0) is 60.0 Å². The average molecular weight is 604 g/mol. The lowest BCUT2D eigenvalue weighted by Gasteiger charge is -2.13. The summed E-state index contributed by atoms with van der Waals surface area (Å²) in [6.07, 6.45) is 1.48. The summed E-state index contributed by atoms with van der Waals surface area (Å²) in [6, 6.07) is 33.7. The van der Waals surface area contributed by atoms with Crippen molar-refractivity contribution < 1.29 is 24.2 Å². The van der Waals surface area contributed by atoms with Gasteiger partial charge in [-0.3, -0.25) is 14.4 Å². The highest BCUT2D eigenvalue weighted by Gasteiger charge is 2.17. The molecule has 0 aliphatic carbocycles. The van der Waals surface area contributed by atoms with Crippen molar-refractivity contribution in [3.05, 3.63) is 132 Å². The van der Waals surface area contributed by atoms with Gasteiger partial charge < -0.3 is 25.8 Å². The first-order valence-corrected chi connectivity index (χ1v) is 14.6. The van der Waals surface area contributed by atoms with Crippen molar-refractivity contribution in [1.29, 1.82) is 0 Å². The summed E-state index contributed by atoms with van der Waals surface area (Å²) in [4.78, 5) is 40.0. The second kappa shape index (κ2) is 14.1. The van der Waals surface area contributed by atoms with Crippen LogP contribution in [0.2, 0.25) is 0 Å². The van der Waals surface area contributed by atoms with E-state index in [1.165, 1.54) is 37.1 Å². The van der Waals surface area contributed by atoms with E-state index in [4.69, 9.17) is 4.74 Å². The fourth-order valence-electron chi connectivity index (χ4n) is 4.45. The van der Waals surface area contributed by atoms with Gasteiger partial charge in [-0.15, -0.1) is 11.8 Å². The maximum Gasteiger partial charge on any atom is 0.272 e. The third kappa shape index (κ3) is 7.64. The summed E-state index contributed by atoms with van der Waals surface area (Å²) < 4.78 is 5.35. The lowest BCUT2D eigenvalue weighted by Crippen LogP contribution is -2.30. The first-order valence-electron chi connectivity index (χ1n) is 13.7. The fourth-order valence-corrected chi connectivity index (χ4v) is 5.20. The number of thioether (sulfide) groups is 1. The molecule has 220 valence electrons. The van der Waals surface area contributed by atoms with Crippen LogP contribution in [0, 0.1) is 0 Å². The van der Waals surface area contributed by atoms with E-state index in [1.807, 2.05) is 48.5 Å². The minimum absolute atomic E-state index is 0.00145. The average Bonchev–Trinajstić information content (AvgIpc) is 3.05. The van der Waals surface area contributed by atoms with Crippen LogP contribution >= 0.6 is 11.8 Å². The van der Waals surface area contributed by atoms with Crippen molar-refractivity contribution in [3.63, 3.8) is 0 Å². The highest BCUT2D eigenvalue weighted by atomic mass is 32.2. The molecule has 0 spiro atoms. The third-order valence-corrected chi connectivity index (χ3v) is 7.57. The van der Waals surface area contributed by atoms with Crippen LogP contribution in [0.4, 0.5) is 11.4 Å². The molecule has 0 bridgehead atoms. The number of amides is 3. The molecule has 0 aliphatic heterocycles. The van der Waals surface area contributed by atoms with Crippen molar-refractivity contribution in [2.24, 2.45) is 0 Å². The molecule has 4 N–H and O–H groups in total. The predicted molar refractivity (Wildman–Crippen MR) is 175 cm³/mol. The number of hydrogen-bond donors (Lipinski definition) is 4. The zero-order valence-electron chi connectivity index (χ0n) is 23.7. The van der Waals surface area contributed by atoms with E-state index in [-0.39, 0.29) is 23.1 Å². The zero-order valence-corrected chi connectivity index (χ0v) is 24.6. The molecule has 9 heteroatoms. The van der Waals surface area contributed by atoms with E-state index in [2.05, 4.69) is 16.0 Å². The number of carbonyl (C=O) groups is 3. The van der Waals surface area contributed by atoms with E-state index >= 15 is 0 Å². The molecule has 8 nitrogen and oxygen atoms in total. The summed E-state index contributed by atoms with van der Waals surface area (Å²) in [6.45, 7) is 0. The number of rotatable bonds is 10. The van der Waals surface area contributed by atoms with Crippen LogP contribution in [-0.2, 0) is 9.59 Å². The third-order valence-electron chi connectivity index (χ3n) is 6.57. The van der Waals surface area contributed by atoms with Crippen LogP contribution < -0.4 is 20.7 Å². The largest absolute Gasteiger partial charge is 0.508 e. The molecule has 0 aromatic heterocycles. The van der Waals surface area contributed by atoms with Gasteiger partial charge in [0.25, 0.3) is 11.8 Å². The van der Waals surface area contributed by atoms with E-state index in [0.29, 0.717) is 22.6 Å². The summed E-state index contributed by atoms with van der Waals surface area (Å²) in [7, 11) is 1.44. The van der Waals surface area contributed by atoms with Crippen LogP contribution in [0.5, 0.6) is 11.5 Å². The number of phenols is 1. The zero-order chi connectivity index (χ0) is 30.9. The van der Waals surface area contributed by atoms with Gasteiger partial charge in [0.2, 0.25) is 5.91 Å². The summed E-state index contributed by atoms with van der Waals surface area (Å²) in [5.74, 6) is -0.702. The van der Waals surface area contributed by atoms with Crippen molar-refractivity contribution in [1.82, 2.24) is 5.32 Å². The number of fused-ring (bicyclic) bond motifs is 1. The van der Waals surface area contributed by atoms with Gasteiger partial charge in [-0.2, -0.15) is 0 Å². The molecule has 0 unspecified atom stereocenters. The SMILES string of the molecule is COc1cc(O)ccc1/C=C(/NC(=O)c1ccccc1)C(=O)Nc1cccc(SCC(=O)Nc2cccc3ccccc23)c1. The van der Waals surface area contributed by atoms with Crippen molar-refractivity contribution in [3.8, 4) is 11.5 Å². The number of anilines is 2. The van der Waals surface area contributed by atoms with E-state index in [1.54, 1.807) is 54.6 Å². The number of methoxy groups -OCH3 is 1. The number of benzene rings is 5. The number of aromatic hydroxyl groups is 1. The van der Waals surface area contributed by atoms with Crippen molar-refractivity contribution in [2.45, 2.75) is 4.90 Å². The Morgan fingerprint density at radius 1 is 0.818 bits per heavy atom. The summed E-state index contributed by atoms with van der Waals surface area (Å²) >= 11 is 1.33. The smallest absolute Gasteiger partial charge is 0.272 e. The van der Waals surface area contributed by atoms with Gasteiger partial charge in [0.05, 0.1) is 12.9 Å². The molecule has 0 saturated heterocycles. The lowest BCUT2D eigenvalue weighted by atomic mass is 10.1. The van der Waals surface area contributed by atoms with E-state index in [0.717, 1.165) is 21.4 Å². The van der Waals surface area contributed by atoms with E-state index < -0.39 is 11.8 Å². The second-order valence-electron chi connectivity index (χ2n) is 9.65. The molecule has 0 saturated carbocycles.